The van der Waals surface area contributed by atoms with Crippen LogP contribution >= 0.6 is 0 Å². The van der Waals surface area contributed by atoms with E-state index in [1.165, 1.54) is 0 Å². The van der Waals surface area contributed by atoms with Crippen LogP contribution in [0.3, 0.4) is 0 Å². The molecule has 2 saturated heterocycles. The van der Waals surface area contributed by atoms with E-state index >= 15 is 0 Å². The van der Waals surface area contributed by atoms with Crippen LogP contribution in [0.5, 0.6) is 0 Å². The first-order valence-corrected chi connectivity index (χ1v) is 24.1. The van der Waals surface area contributed by atoms with E-state index in [-0.39, 0.29) is 19.4 Å². The summed E-state index contributed by atoms with van der Waals surface area (Å²) in [6, 6.07) is 0. The number of allylic oxidation sites excluding steroid dienone is 12. The zero-order valence-corrected chi connectivity index (χ0v) is 39.1. The number of carbonyl (C=O) groups excluding carboxylic acids is 2. The van der Waals surface area contributed by atoms with E-state index in [1.54, 1.807) is 0 Å². The van der Waals surface area contributed by atoms with E-state index in [1.807, 2.05) is 6.92 Å². The van der Waals surface area contributed by atoms with E-state index in [9.17, 15) is 45.3 Å². The molecule has 0 aromatic carbocycles. The fraction of sp³-hybridized carbons (Fsp3) is 0.720. The quantitative estimate of drug-likeness (QED) is 0.0216. The fourth-order valence-electron chi connectivity index (χ4n) is 7.05. The fourth-order valence-corrected chi connectivity index (χ4v) is 7.05. The van der Waals surface area contributed by atoms with Gasteiger partial charge in [-0.15, -0.1) is 0 Å². The lowest BCUT2D eigenvalue weighted by atomic mass is 9.98. The van der Waals surface area contributed by atoms with Gasteiger partial charge in [-0.2, -0.15) is 0 Å². The van der Waals surface area contributed by atoms with E-state index < -0.39 is 92.4 Å². The molecule has 0 spiro atoms. The van der Waals surface area contributed by atoms with Crippen LogP contribution in [0.15, 0.2) is 72.9 Å². The number of esters is 2. The average molecular weight is 923 g/mol. The average Bonchev–Trinajstić information content (AvgIpc) is 3.30. The SMILES string of the molecule is CC/C=C\C/C=C\C/C=C\CCCCCC(O[C@H]1O[C@H](CO[C@H]2O[C@H](O)[C@H](O)[C@H](O)[C@H]2O)[C@H](O)[C@H](O)[C@H]1O)C(OC(=O)CCCCCCC/C=C/C/C=C/C/C=C/CC)C(=O)OCCC. The maximum absolute atomic E-state index is 13.6. The highest BCUT2D eigenvalue weighted by Crippen LogP contribution is 2.28. The standard InChI is InChI=1S/C50H82O15/c1-4-7-9-11-13-15-17-19-20-22-24-26-28-30-32-34-39(51)64-46(48(59)60-35-6-3)37(33-31-29-27-25-23-21-18-16-14-12-10-8-5-2)62-50-45(57)41(53)40(52)38(63-50)36-61-49-44(56)42(54)43(55)47(58)65-49/h7-10,13-16,19-21,23,37-38,40-47,49-50,52-58H,4-6,11-12,17-18,22,24-36H2,1-3H3/b9-7+,10-8-,15-13+,16-14-,20-19+,23-21-/t37?,38-,40+,41+,42+,43-,44-,45-,46?,47+,49+,50+/m1/s1. The second kappa shape index (κ2) is 36.0. The van der Waals surface area contributed by atoms with Crippen molar-refractivity contribution in [2.75, 3.05) is 13.2 Å². The van der Waals surface area contributed by atoms with Gasteiger partial charge in [0.1, 0.15) is 48.8 Å². The Hall–Kier alpha value is -3.06. The Kier molecular flexibility index (Phi) is 32.2. The highest BCUT2D eigenvalue weighted by atomic mass is 16.8. The van der Waals surface area contributed by atoms with Gasteiger partial charge in [0.15, 0.2) is 18.9 Å². The predicted molar refractivity (Wildman–Crippen MR) is 247 cm³/mol. The smallest absolute Gasteiger partial charge is 0.350 e. The van der Waals surface area contributed by atoms with E-state index in [4.69, 9.17) is 28.4 Å². The van der Waals surface area contributed by atoms with Crippen molar-refractivity contribution in [1.82, 2.24) is 0 Å². The van der Waals surface area contributed by atoms with E-state index in [0.29, 0.717) is 19.3 Å². The third-order valence-corrected chi connectivity index (χ3v) is 10.9. The topological polar surface area (TPSA) is 231 Å². The zero-order chi connectivity index (χ0) is 47.7. The maximum atomic E-state index is 13.6. The van der Waals surface area contributed by atoms with Crippen molar-refractivity contribution in [1.29, 1.82) is 0 Å². The van der Waals surface area contributed by atoms with Crippen LogP contribution in [0.4, 0.5) is 0 Å². The van der Waals surface area contributed by atoms with Gasteiger partial charge in [0, 0.05) is 6.42 Å². The third kappa shape index (κ3) is 24.0. The lowest BCUT2D eigenvalue weighted by molar-refractivity contribution is -0.356. The van der Waals surface area contributed by atoms with Crippen LogP contribution in [-0.4, -0.2) is 135 Å². The Morgan fingerprint density at radius 3 is 1.65 bits per heavy atom. The molecule has 0 amide bonds. The summed E-state index contributed by atoms with van der Waals surface area (Å²) in [7, 11) is 0. The molecule has 2 unspecified atom stereocenters. The molecule has 65 heavy (non-hydrogen) atoms. The summed E-state index contributed by atoms with van der Waals surface area (Å²) in [5.41, 5.74) is 0. The molecule has 7 N–H and O–H groups in total. The maximum Gasteiger partial charge on any atom is 0.350 e. The first kappa shape index (κ1) is 58.1. The monoisotopic (exact) mass is 923 g/mol. The normalized spacial score (nSPS) is 27.5. The number of aliphatic hydroxyl groups is 7. The van der Waals surface area contributed by atoms with Gasteiger partial charge >= 0.3 is 11.9 Å². The predicted octanol–water partition coefficient (Wildman–Crippen LogP) is 6.22. The highest BCUT2D eigenvalue weighted by molar-refractivity contribution is 5.80. The minimum absolute atomic E-state index is 0.0570. The molecule has 0 bridgehead atoms. The van der Waals surface area contributed by atoms with Crippen molar-refractivity contribution in [2.45, 2.75) is 217 Å². The second-order valence-electron chi connectivity index (χ2n) is 16.5. The molecule has 0 saturated carbocycles. The van der Waals surface area contributed by atoms with Gasteiger partial charge in [0.25, 0.3) is 0 Å². The van der Waals surface area contributed by atoms with Crippen LogP contribution in [0, 0.1) is 0 Å². The minimum atomic E-state index is -1.89. The Morgan fingerprint density at radius 2 is 1.06 bits per heavy atom. The highest BCUT2D eigenvalue weighted by Gasteiger charge is 2.49. The molecule has 2 aliphatic rings. The molecule has 0 aromatic heterocycles. The first-order valence-electron chi connectivity index (χ1n) is 24.1. The Balaban J connectivity index is 2.09. The lowest BCUT2D eigenvalue weighted by Gasteiger charge is -2.43. The van der Waals surface area contributed by atoms with Gasteiger partial charge in [0.2, 0.25) is 6.10 Å². The summed E-state index contributed by atoms with van der Waals surface area (Å²) in [5.74, 6) is -1.46. The summed E-state index contributed by atoms with van der Waals surface area (Å²) in [6.07, 6.45) is 20.2. The van der Waals surface area contributed by atoms with Crippen LogP contribution in [0.25, 0.3) is 0 Å². The lowest BCUT2D eigenvalue weighted by Crippen LogP contribution is -2.62. The number of rotatable bonds is 34. The molecule has 372 valence electrons. The molecule has 2 aliphatic heterocycles. The minimum Gasteiger partial charge on any atom is -0.463 e. The van der Waals surface area contributed by atoms with Crippen LogP contribution < -0.4 is 0 Å². The molecule has 15 nitrogen and oxygen atoms in total. The molecule has 0 aromatic rings. The third-order valence-electron chi connectivity index (χ3n) is 10.9. The van der Waals surface area contributed by atoms with Crippen molar-refractivity contribution >= 4 is 11.9 Å². The van der Waals surface area contributed by atoms with Crippen molar-refractivity contribution < 1.29 is 73.8 Å². The molecular weight excluding hydrogens is 841 g/mol. The van der Waals surface area contributed by atoms with Crippen LogP contribution in [0.2, 0.25) is 0 Å². The molecule has 2 heterocycles. The number of hydrogen-bond donors (Lipinski definition) is 7. The van der Waals surface area contributed by atoms with E-state index in [0.717, 1.165) is 89.9 Å². The molecule has 2 fully saturated rings. The van der Waals surface area contributed by atoms with Crippen LogP contribution in [-0.2, 0) is 38.0 Å². The molecule has 15 heteroatoms. The molecule has 2 rings (SSSR count). The molecule has 12 atom stereocenters. The number of aliphatic hydroxyl groups excluding tert-OH is 7. The molecular formula is C50H82O15. The van der Waals surface area contributed by atoms with Gasteiger partial charge in [0.05, 0.1) is 13.2 Å². The summed E-state index contributed by atoms with van der Waals surface area (Å²) in [4.78, 5) is 26.9. The number of ether oxygens (including phenoxy) is 6. The number of hydrogen-bond acceptors (Lipinski definition) is 15. The van der Waals surface area contributed by atoms with Gasteiger partial charge in [-0.05, 0) is 83.5 Å². The Bertz CT molecular complexity index is 1430. The van der Waals surface area contributed by atoms with Gasteiger partial charge in [-0.25, -0.2) is 4.79 Å². The zero-order valence-electron chi connectivity index (χ0n) is 39.1. The van der Waals surface area contributed by atoms with Crippen molar-refractivity contribution in [3.8, 4) is 0 Å². The summed E-state index contributed by atoms with van der Waals surface area (Å²) >= 11 is 0. The molecule has 0 radical (unpaired) electrons. The van der Waals surface area contributed by atoms with Gasteiger partial charge < -0.3 is 64.2 Å². The molecule has 0 aliphatic carbocycles. The summed E-state index contributed by atoms with van der Waals surface area (Å²) in [5, 5.41) is 72.9. The number of carbonyl (C=O) groups is 2. The summed E-state index contributed by atoms with van der Waals surface area (Å²) < 4.78 is 33.9. The Morgan fingerprint density at radius 1 is 0.554 bits per heavy atom. The van der Waals surface area contributed by atoms with Crippen molar-refractivity contribution in [3.63, 3.8) is 0 Å². The Labute approximate surface area is 387 Å². The number of unbranched alkanes of at least 4 members (excludes halogenated alkanes) is 8. The second-order valence-corrected chi connectivity index (χ2v) is 16.5. The van der Waals surface area contributed by atoms with Crippen LogP contribution in [0.1, 0.15) is 143 Å². The van der Waals surface area contributed by atoms with Gasteiger partial charge in [-0.1, -0.05) is 126 Å². The van der Waals surface area contributed by atoms with Gasteiger partial charge in [-0.3, -0.25) is 4.79 Å². The summed E-state index contributed by atoms with van der Waals surface area (Å²) in [6.45, 7) is 5.49. The van der Waals surface area contributed by atoms with Crippen molar-refractivity contribution in [2.24, 2.45) is 0 Å². The van der Waals surface area contributed by atoms with Crippen molar-refractivity contribution in [3.05, 3.63) is 72.9 Å². The first-order chi connectivity index (χ1) is 31.5. The largest absolute Gasteiger partial charge is 0.463 e. The van der Waals surface area contributed by atoms with E-state index in [2.05, 4.69) is 86.8 Å².